The number of ether oxygens (including phenoxy) is 1. The van der Waals surface area contributed by atoms with Crippen LogP contribution in [0.2, 0.25) is 0 Å². The van der Waals surface area contributed by atoms with E-state index >= 15 is 0 Å². The Hall–Kier alpha value is -1.31. The number of hydrogen-bond acceptors (Lipinski definition) is 4. The molecule has 1 fully saturated rings. The van der Waals surface area contributed by atoms with Crippen molar-refractivity contribution in [2.45, 2.75) is 31.4 Å². The molecule has 0 aliphatic heterocycles. The number of aliphatic hydroxyl groups is 1. The Balaban J connectivity index is 1.91. The number of benzene rings is 1. The topological polar surface area (TPSA) is 60.2 Å². The molecule has 0 saturated heterocycles. The summed E-state index contributed by atoms with van der Waals surface area (Å²) in [7, 11) is 1.66. The molecule has 136 valence electrons. The average molecular weight is 412 g/mol. The zero-order valence-electron chi connectivity index (χ0n) is 14.2. The van der Waals surface area contributed by atoms with Crippen molar-refractivity contribution in [3.05, 3.63) is 48.3 Å². The van der Waals surface area contributed by atoms with Crippen molar-refractivity contribution in [1.29, 1.82) is 0 Å². The van der Waals surface area contributed by atoms with Crippen molar-refractivity contribution in [3.63, 3.8) is 0 Å². The van der Waals surface area contributed by atoms with E-state index in [4.69, 9.17) is 4.74 Å². The van der Waals surface area contributed by atoms with Crippen molar-refractivity contribution >= 4 is 15.9 Å². The molecule has 7 heteroatoms. The lowest BCUT2D eigenvalue weighted by Gasteiger charge is -2.44. The third-order valence-corrected chi connectivity index (χ3v) is 6.58. The molecule has 0 spiro atoms. The zero-order chi connectivity index (χ0) is 17.9. The lowest BCUT2D eigenvalue weighted by molar-refractivity contribution is -0.119. The van der Waals surface area contributed by atoms with Crippen LogP contribution in [0, 0.1) is 17.2 Å². The largest absolute Gasteiger partial charge is 0.387 e. The molecule has 1 saturated carbocycles. The molecule has 3 atom stereocenters. The molecule has 0 radical (unpaired) electrons. The molecule has 1 aromatic heterocycles. The third kappa shape index (κ3) is 3.50. The number of hydrogen-bond donors (Lipinski definition) is 1. The van der Waals surface area contributed by atoms with Crippen LogP contribution in [0.25, 0.3) is 0 Å². The van der Waals surface area contributed by atoms with E-state index < -0.39 is 11.0 Å². The summed E-state index contributed by atoms with van der Waals surface area (Å²) in [4.78, 5) is 3.99. The van der Waals surface area contributed by atoms with Crippen LogP contribution in [0.4, 0.5) is 4.39 Å². The van der Waals surface area contributed by atoms with Crippen molar-refractivity contribution in [3.8, 4) is 0 Å². The second-order valence-electron chi connectivity index (χ2n) is 6.93. The first kappa shape index (κ1) is 18.5. The first-order valence-electron chi connectivity index (χ1n) is 8.37. The van der Waals surface area contributed by atoms with Gasteiger partial charge in [-0.25, -0.2) is 9.37 Å². The standard InChI is InChI=1S/C18H23BrFN3O2/c1-25-11-17(9-19)7-6-15(8-14-2-4-16(20)5-3-14)18(17,24)10-23-13-21-12-22-23/h2-5,12-13,15,24H,6-11H2,1H3. The Morgan fingerprint density at radius 1 is 1.40 bits per heavy atom. The third-order valence-electron chi connectivity index (χ3n) is 5.51. The highest BCUT2D eigenvalue weighted by Crippen LogP contribution is 2.53. The van der Waals surface area contributed by atoms with Gasteiger partial charge in [0.1, 0.15) is 18.5 Å². The molecular weight excluding hydrogens is 389 g/mol. The van der Waals surface area contributed by atoms with Crippen LogP contribution in [-0.2, 0) is 17.7 Å². The Kier molecular flexibility index (Phi) is 5.55. The fourth-order valence-corrected chi connectivity index (χ4v) is 5.00. The summed E-state index contributed by atoms with van der Waals surface area (Å²) in [6, 6.07) is 6.51. The Bertz CT molecular complexity index is 682. The predicted molar refractivity (Wildman–Crippen MR) is 95.9 cm³/mol. The minimum Gasteiger partial charge on any atom is -0.387 e. The Morgan fingerprint density at radius 2 is 2.16 bits per heavy atom. The van der Waals surface area contributed by atoms with E-state index in [0.29, 0.717) is 24.9 Å². The van der Waals surface area contributed by atoms with Crippen LogP contribution in [0.5, 0.6) is 0 Å². The number of methoxy groups -OCH3 is 1. The lowest BCUT2D eigenvalue weighted by Crippen LogP contribution is -2.55. The van der Waals surface area contributed by atoms with Crippen molar-refractivity contribution < 1.29 is 14.2 Å². The molecule has 0 amide bonds. The second-order valence-corrected chi connectivity index (χ2v) is 7.49. The smallest absolute Gasteiger partial charge is 0.137 e. The van der Waals surface area contributed by atoms with E-state index in [1.807, 2.05) is 0 Å². The van der Waals surface area contributed by atoms with Crippen molar-refractivity contribution in [1.82, 2.24) is 14.8 Å². The van der Waals surface area contributed by atoms with Gasteiger partial charge in [-0.05, 0) is 42.9 Å². The van der Waals surface area contributed by atoms with Gasteiger partial charge in [-0.3, -0.25) is 4.68 Å². The number of nitrogens with zero attached hydrogens (tertiary/aromatic N) is 3. The van der Waals surface area contributed by atoms with Crippen LogP contribution in [0.15, 0.2) is 36.9 Å². The SMILES string of the molecule is COCC1(CBr)CCC(Cc2ccc(F)cc2)C1(O)Cn1cncn1. The monoisotopic (exact) mass is 411 g/mol. The van der Waals surface area contributed by atoms with Gasteiger partial charge < -0.3 is 9.84 Å². The maximum Gasteiger partial charge on any atom is 0.137 e. The summed E-state index contributed by atoms with van der Waals surface area (Å²) < 4.78 is 20.3. The molecule has 5 nitrogen and oxygen atoms in total. The Labute approximate surface area is 155 Å². The summed E-state index contributed by atoms with van der Waals surface area (Å²) in [6.07, 6.45) is 5.50. The van der Waals surface area contributed by atoms with Crippen LogP contribution in [-0.4, -0.2) is 44.5 Å². The van der Waals surface area contributed by atoms with Crippen molar-refractivity contribution in [2.24, 2.45) is 11.3 Å². The molecule has 3 rings (SSSR count). The molecule has 1 N–H and O–H groups in total. The molecule has 3 unspecified atom stereocenters. The van der Waals surface area contributed by atoms with E-state index in [1.165, 1.54) is 18.5 Å². The number of alkyl halides is 1. The first-order valence-corrected chi connectivity index (χ1v) is 9.49. The molecule has 0 bridgehead atoms. The van der Waals surface area contributed by atoms with E-state index in [2.05, 4.69) is 26.0 Å². The van der Waals surface area contributed by atoms with Gasteiger partial charge in [-0.15, -0.1) is 0 Å². The average Bonchev–Trinajstić information content (AvgIpc) is 3.19. The fraction of sp³-hybridized carbons (Fsp3) is 0.556. The second kappa shape index (κ2) is 7.51. The summed E-state index contributed by atoms with van der Waals surface area (Å²) >= 11 is 3.60. The summed E-state index contributed by atoms with van der Waals surface area (Å²) in [5.74, 6) is -0.225. The molecule has 2 aromatic rings. The molecule has 1 aliphatic rings. The van der Waals surface area contributed by atoms with Crippen LogP contribution < -0.4 is 0 Å². The highest BCUT2D eigenvalue weighted by molar-refractivity contribution is 9.09. The van der Waals surface area contributed by atoms with E-state index in [9.17, 15) is 9.50 Å². The minimum atomic E-state index is -1.01. The van der Waals surface area contributed by atoms with E-state index in [0.717, 1.165) is 18.4 Å². The van der Waals surface area contributed by atoms with E-state index in [-0.39, 0.29) is 11.7 Å². The summed E-state index contributed by atoms with van der Waals surface area (Å²) in [5, 5.41) is 16.6. The van der Waals surface area contributed by atoms with Gasteiger partial charge in [0.25, 0.3) is 0 Å². The maximum absolute atomic E-state index is 13.2. The van der Waals surface area contributed by atoms with Crippen LogP contribution in [0.1, 0.15) is 18.4 Å². The van der Waals surface area contributed by atoms with Gasteiger partial charge in [0.2, 0.25) is 0 Å². The number of halogens is 2. The lowest BCUT2D eigenvalue weighted by atomic mass is 9.71. The molecule has 1 heterocycles. The molecular formula is C18H23BrFN3O2. The molecule has 25 heavy (non-hydrogen) atoms. The van der Waals surface area contributed by atoms with Crippen molar-refractivity contribution in [2.75, 3.05) is 19.0 Å². The van der Waals surface area contributed by atoms with Gasteiger partial charge in [-0.2, -0.15) is 5.10 Å². The van der Waals surface area contributed by atoms with Crippen LogP contribution in [0.3, 0.4) is 0 Å². The van der Waals surface area contributed by atoms with Gasteiger partial charge in [0.05, 0.1) is 18.8 Å². The quantitative estimate of drug-likeness (QED) is 0.711. The fourth-order valence-electron chi connectivity index (χ4n) is 4.07. The first-order chi connectivity index (χ1) is 12.0. The summed E-state index contributed by atoms with van der Waals surface area (Å²) in [5.41, 5.74) is -0.390. The minimum absolute atomic E-state index is 0.0230. The van der Waals surface area contributed by atoms with E-state index in [1.54, 1.807) is 30.3 Å². The predicted octanol–water partition coefficient (Wildman–Crippen LogP) is 2.83. The Morgan fingerprint density at radius 3 is 2.76 bits per heavy atom. The number of aromatic nitrogens is 3. The normalized spacial score (nSPS) is 29.2. The zero-order valence-corrected chi connectivity index (χ0v) is 15.8. The number of rotatable bonds is 7. The highest BCUT2D eigenvalue weighted by Gasteiger charge is 2.59. The van der Waals surface area contributed by atoms with Gasteiger partial charge >= 0.3 is 0 Å². The molecule has 1 aromatic carbocycles. The van der Waals surface area contributed by atoms with Crippen LogP contribution >= 0.6 is 15.9 Å². The summed E-state index contributed by atoms with van der Waals surface area (Å²) in [6.45, 7) is 0.817. The van der Waals surface area contributed by atoms with Gasteiger partial charge in [0.15, 0.2) is 0 Å². The highest BCUT2D eigenvalue weighted by atomic mass is 79.9. The van der Waals surface area contributed by atoms with Gasteiger partial charge in [-0.1, -0.05) is 28.1 Å². The molecule has 1 aliphatic carbocycles. The van der Waals surface area contributed by atoms with Gasteiger partial charge in [0, 0.05) is 17.9 Å². The maximum atomic E-state index is 13.2.